The van der Waals surface area contributed by atoms with Crippen LogP contribution in [0.5, 0.6) is 5.75 Å². The third kappa shape index (κ3) is 4.25. The van der Waals surface area contributed by atoms with Crippen LogP contribution in [0.25, 0.3) is 0 Å². The summed E-state index contributed by atoms with van der Waals surface area (Å²) in [5.41, 5.74) is 8.39. The van der Waals surface area contributed by atoms with Crippen molar-refractivity contribution in [2.75, 3.05) is 0 Å². The number of ether oxygens (including phenoxy) is 2. The molecule has 2 N–H and O–H groups in total. The number of carbonyl (C=O) groups is 1. The largest absolute Gasteiger partial charge is 0.486 e. The Balaban J connectivity index is 1.71. The van der Waals surface area contributed by atoms with Crippen LogP contribution in [-0.4, -0.2) is 5.78 Å². The van der Waals surface area contributed by atoms with Crippen molar-refractivity contribution in [3.8, 4) is 11.8 Å². The van der Waals surface area contributed by atoms with Gasteiger partial charge in [0.05, 0.1) is 14.9 Å². The number of carbonyl (C=O) groups excluding carboxylic acids is 1. The highest BCUT2D eigenvalue weighted by atomic mass is 79.9. The number of ketones is 1. The van der Waals surface area contributed by atoms with Gasteiger partial charge in [0.15, 0.2) is 5.78 Å². The number of rotatable bonds is 4. The van der Waals surface area contributed by atoms with Crippen LogP contribution >= 0.6 is 43.5 Å². The molecule has 8 heteroatoms. The van der Waals surface area contributed by atoms with E-state index in [2.05, 4.69) is 37.9 Å². The molecule has 5 nitrogen and oxygen atoms in total. The molecular formula is C23H17Br2ClN2O3. The number of hydrogen-bond donors (Lipinski definition) is 1. The van der Waals surface area contributed by atoms with Gasteiger partial charge in [-0.15, -0.1) is 0 Å². The lowest BCUT2D eigenvalue weighted by molar-refractivity contribution is -0.116. The average Bonchev–Trinajstić information content (AvgIpc) is 2.73. The van der Waals surface area contributed by atoms with E-state index >= 15 is 0 Å². The zero-order valence-electron chi connectivity index (χ0n) is 16.3. The molecule has 1 aliphatic heterocycles. The lowest BCUT2D eigenvalue weighted by Crippen LogP contribution is -2.27. The Kier molecular flexibility index (Phi) is 6.42. The van der Waals surface area contributed by atoms with E-state index in [1.54, 1.807) is 0 Å². The Bertz CT molecular complexity index is 1160. The Labute approximate surface area is 201 Å². The first-order chi connectivity index (χ1) is 14.9. The van der Waals surface area contributed by atoms with Gasteiger partial charge in [-0.25, -0.2) is 0 Å². The molecule has 0 fully saturated rings. The highest BCUT2D eigenvalue weighted by molar-refractivity contribution is 9.11. The predicted molar refractivity (Wildman–Crippen MR) is 124 cm³/mol. The van der Waals surface area contributed by atoms with Crippen LogP contribution < -0.4 is 10.5 Å². The van der Waals surface area contributed by atoms with Crippen molar-refractivity contribution in [1.82, 2.24) is 0 Å². The molecule has 2 aliphatic rings. The fourth-order valence-corrected chi connectivity index (χ4v) is 5.48. The minimum absolute atomic E-state index is 0.0159. The third-order valence-electron chi connectivity index (χ3n) is 5.29. The highest BCUT2D eigenvalue weighted by Gasteiger charge is 2.38. The highest BCUT2D eigenvalue weighted by Crippen LogP contribution is 2.46. The second-order valence-electron chi connectivity index (χ2n) is 7.23. The lowest BCUT2D eigenvalue weighted by Gasteiger charge is -2.31. The van der Waals surface area contributed by atoms with Crippen molar-refractivity contribution in [2.24, 2.45) is 5.73 Å². The summed E-state index contributed by atoms with van der Waals surface area (Å²) in [5.74, 6) is 0.608. The van der Waals surface area contributed by atoms with Crippen molar-refractivity contribution in [2.45, 2.75) is 31.8 Å². The number of nitrogens with zero attached hydrogens (tertiary/aromatic N) is 1. The van der Waals surface area contributed by atoms with Crippen molar-refractivity contribution < 1.29 is 14.3 Å². The second-order valence-corrected chi connectivity index (χ2v) is 9.35. The average molecular weight is 565 g/mol. The van der Waals surface area contributed by atoms with Gasteiger partial charge in [-0.2, -0.15) is 5.26 Å². The Hall–Kier alpha value is -2.27. The van der Waals surface area contributed by atoms with E-state index in [4.69, 9.17) is 26.8 Å². The molecule has 0 unspecified atom stereocenters. The summed E-state index contributed by atoms with van der Waals surface area (Å²) in [4.78, 5) is 12.7. The molecule has 1 atom stereocenters. The van der Waals surface area contributed by atoms with Gasteiger partial charge in [-0.3, -0.25) is 4.79 Å². The molecular weight excluding hydrogens is 548 g/mol. The predicted octanol–water partition coefficient (Wildman–Crippen LogP) is 6.26. The molecule has 31 heavy (non-hydrogen) atoms. The maximum atomic E-state index is 12.7. The summed E-state index contributed by atoms with van der Waals surface area (Å²) >= 11 is 13.4. The molecule has 1 aliphatic carbocycles. The summed E-state index contributed by atoms with van der Waals surface area (Å²) in [6.45, 7) is 0.289. The smallest absolute Gasteiger partial charge is 0.205 e. The monoisotopic (exact) mass is 562 g/mol. The van der Waals surface area contributed by atoms with E-state index in [1.807, 2.05) is 36.4 Å². The first-order valence-electron chi connectivity index (χ1n) is 9.59. The number of allylic oxidation sites excluding steroid dienone is 3. The fraction of sp³-hybridized carbons (Fsp3) is 0.217. The number of halogens is 3. The molecule has 0 bridgehead atoms. The summed E-state index contributed by atoms with van der Waals surface area (Å²) in [5, 5.41) is 10.4. The topological polar surface area (TPSA) is 85.3 Å². The lowest BCUT2D eigenvalue weighted by atomic mass is 9.77. The molecule has 2 aromatic carbocycles. The SMILES string of the molecule is N#CC1=C(N)OC2=C(C(=O)CCC2)[C@@H]1c1cc(Br)c(OCc2ccccc2Cl)c(Br)c1. The molecule has 0 aromatic heterocycles. The van der Waals surface area contributed by atoms with Gasteiger partial charge in [0.1, 0.15) is 29.8 Å². The van der Waals surface area contributed by atoms with Gasteiger partial charge in [-0.1, -0.05) is 29.8 Å². The fourth-order valence-electron chi connectivity index (χ4n) is 3.84. The van der Waals surface area contributed by atoms with Crippen LogP contribution in [0.3, 0.4) is 0 Å². The first kappa shape index (κ1) is 21.9. The number of benzene rings is 2. The maximum Gasteiger partial charge on any atom is 0.205 e. The standard InChI is InChI=1S/C23H17Br2ClN2O3/c24-15-8-13(9-16(25)22(15)30-11-12-4-1-2-5-17(12)26)20-14(10-27)23(28)31-19-7-3-6-18(29)21(19)20/h1-2,4-5,8-9,20H,3,6-7,11,28H2/t20-/m1/s1. The Morgan fingerprint density at radius 1 is 1.23 bits per heavy atom. The van der Waals surface area contributed by atoms with Gasteiger partial charge in [-0.05, 0) is 62.0 Å². The summed E-state index contributed by atoms with van der Waals surface area (Å²) in [6, 6.07) is 13.3. The van der Waals surface area contributed by atoms with Crippen LogP contribution in [0.4, 0.5) is 0 Å². The van der Waals surface area contributed by atoms with E-state index in [0.717, 1.165) is 11.1 Å². The zero-order valence-corrected chi connectivity index (χ0v) is 20.2. The molecule has 0 saturated heterocycles. The Morgan fingerprint density at radius 2 is 1.94 bits per heavy atom. The number of nitrogens with two attached hydrogens (primary N) is 1. The van der Waals surface area contributed by atoms with E-state index in [0.29, 0.717) is 50.3 Å². The minimum Gasteiger partial charge on any atom is -0.486 e. The normalized spacial score (nSPS) is 18.4. The van der Waals surface area contributed by atoms with Crippen molar-refractivity contribution >= 4 is 49.2 Å². The quantitative estimate of drug-likeness (QED) is 0.474. The van der Waals surface area contributed by atoms with Crippen LogP contribution in [0.15, 0.2) is 68.1 Å². The molecule has 4 rings (SSSR count). The van der Waals surface area contributed by atoms with Gasteiger partial charge < -0.3 is 15.2 Å². The van der Waals surface area contributed by atoms with Gasteiger partial charge >= 0.3 is 0 Å². The second kappa shape index (κ2) is 9.07. The number of hydrogen-bond acceptors (Lipinski definition) is 5. The number of Topliss-reactive ketones (excluding diaryl/α,β-unsaturated/α-hetero) is 1. The minimum atomic E-state index is -0.577. The number of nitriles is 1. The van der Waals surface area contributed by atoms with Gasteiger partial charge in [0, 0.05) is 29.0 Å². The molecule has 0 amide bonds. The van der Waals surface area contributed by atoms with Crippen molar-refractivity contribution in [1.29, 1.82) is 5.26 Å². The molecule has 158 valence electrons. The van der Waals surface area contributed by atoms with E-state index in [1.165, 1.54) is 0 Å². The summed E-state index contributed by atoms with van der Waals surface area (Å²) in [6.07, 6.45) is 1.76. The van der Waals surface area contributed by atoms with Crippen LogP contribution in [0.2, 0.25) is 5.02 Å². The van der Waals surface area contributed by atoms with Crippen LogP contribution in [0.1, 0.15) is 36.3 Å². The maximum absolute atomic E-state index is 12.7. The van der Waals surface area contributed by atoms with E-state index in [-0.39, 0.29) is 23.8 Å². The van der Waals surface area contributed by atoms with Gasteiger partial charge in [0.25, 0.3) is 0 Å². The van der Waals surface area contributed by atoms with E-state index in [9.17, 15) is 10.1 Å². The molecule has 1 heterocycles. The summed E-state index contributed by atoms with van der Waals surface area (Å²) in [7, 11) is 0. The third-order valence-corrected chi connectivity index (χ3v) is 6.84. The molecule has 0 saturated carbocycles. The first-order valence-corrected chi connectivity index (χ1v) is 11.6. The molecule has 0 radical (unpaired) electrons. The van der Waals surface area contributed by atoms with Crippen LogP contribution in [-0.2, 0) is 16.1 Å². The van der Waals surface area contributed by atoms with E-state index < -0.39 is 5.92 Å². The van der Waals surface area contributed by atoms with Gasteiger partial charge in [0.2, 0.25) is 5.88 Å². The molecule has 0 spiro atoms. The molecule has 2 aromatic rings. The van der Waals surface area contributed by atoms with Crippen molar-refractivity contribution in [3.63, 3.8) is 0 Å². The van der Waals surface area contributed by atoms with Crippen LogP contribution in [0, 0.1) is 11.3 Å². The summed E-state index contributed by atoms with van der Waals surface area (Å²) < 4.78 is 13.0. The van der Waals surface area contributed by atoms with Crippen molar-refractivity contribution in [3.05, 3.63) is 84.3 Å². The Morgan fingerprint density at radius 3 is 2.61 bits per heavy atom. The zero-order chi connectivity index (χ0) is 22.1.